The van der Waals surface area contributed by atoms with Crippen molar-refractivity contribution in [1.82, 2.24) is 35.6 Å². The first kappa shape index (κ1) is 69.8. The van der Waals surface area contributed by atoms with Crippen molar-refractivity contribution in [2.24, 2.45) is 35.5 Å². The van der Waals surface area contributed by atoms with E-state index in [4.69, 9.17) is 18.9 Å². The van der Waals surface area contributed by atoms with E-state index < -0.39 is 162 Å². The molecule has 7 amide bonds. The molecular formula is C61H95N7O16. The van der Waals surface area contributed by atoms with Crippen LogP contribution in [0, 0.1) is 35.5 Å². The second-order valence-corrected chi connectivity index (χ2v) is 24.5. The van der Waals surface area contributed by atoms with E-state index in [1.807, 2.05) is 27.7 Å². The number of hydrogen-bond acceptors (Lipinski definition) is 16. The van der Waals surface area contributed by atoms with E-state index in [0.29, 0.717) is 30.6 Å². The number of nitrogens with zero attached hydrogens (tertiary/aromatic N) is 4. The van der Waals surface area contributed by atoms with E-state index in [1.165, 1.54) is 61.6 Å². The van der Waals surface area contributed by atoms with E-state index in [2.05, 4.69) is 16.0 Å². The van der Waals surface area contributed by atoms with Gasteiger partial charge < -0.3 is 59.6 Å². The molecule has 84 heavy (non-hydrogen) atoms. The molecule has 4 N–H and O–H groups in total. The van der Waals surface area contributed by atoms with Crippen LogP contribution < -0.4 is 20.7 Å². The van der Waals surface area contributed by atoms with Crippen molar-refractivity contribution in [2.75, 3.05) is 34.3 Å². The summed E-state index contributed by atoms with van der Waals surface area (Å²) in [4.78, 5) is 164. The van der Waals surface area contributed by atoms with Crippen molar-refractivity contribution >= 4 is 65.0 Å². The van der Waals surface area contributed by atoms with Crippen LogP contribution in [-0.2, 0) is 73.4 Å². The summed E-state index contributed by atoms with van der Waals surface area (Å²) in [5.74, 6) is -12.0. The number of rotatable bonds is 17. The first-order chi connectivity index (χ1) is 39.3. The molecule has 13 atom stereocenters. The molecule has 3 aliphatic rings. The second kappa shape index (κ2) is 31.5. The standard InChI is InChI=1S/C61H95N7O16/c1-17-36(10)49-47(83-60(79)35(8)9)31-48(70)84-52(34(6)7)51(71)37(11)53(72)62-42(28-32(2)3)57(76)68-27-19-21-44(68)59(78)66(15)46(30-40-22-24-41(81-16)25-23-40)61(80)82-39(13)50(55(74)63-49)64-54(73)45(29-33(4)5)65(14)58(77)43-20-18-26-67(43)56(75)38(12)69/h22-25,32-39,42-47,49-50,52,69H,17-21,26-31H2,1-16H3,(H,62,72)(H,63,74)(H,64,73)/t36-,37-,38-,39+,42-,43-,44-,45+,46-,47+,49-,50-,52-/m0/s1. The summed E-state index contributed by atoms with van der Waals surface area (Å²) in [7, 11) is 4.28. The normalized spacial score (nSPS) is 26.7. The van der Waals surface area contributed by atoms with Crippen LogP contribution >= 0.6 is 0 Å². The summed E-state index contributed by atoms with van der Waals surface area (Å²) in [6.07, 6.45) is -5.01. The molecule has 0 saturated carbocycles. The predicted octanol–water partition coefficient (Wildman–Crippen LogP) is 3.52. The monoisotopic (exact) mass is 1180 g/mol. The number of esters is 3. The van der Waals surface area contributed by atoms with Crippen molar-refractivity contribution < 1.29 is 76.8 Å². The van der Waals surface area contributed by atoms with E-state index in [1.54, 1.807) is 65.8 Å². The van der Waals surface area contributed by atoms with Gasteiger partial charge in [-0.2, -0.15) is 0 Å². The number of aliphatic hydroxyl groups is 1. The maximum absolute atomic E-state index is 15.4. The van der Waals surface area contributed by atoms with E-state index >= 15 is 19.2 Å². The van der Waals surface area contributed by atoms with Crippen molar-refractivity contribution in [3.63, 3.8) is 0 Å². The molecule has 0 bridgehead atoms. The molecule has 0 aromatic heterocycles. The van der Waals surface area contributed by atoms with Gasteiger partial charge in [0.05, 0.1) is 31.4 Å². The minimum absolute atomic E-state index is 0.0527. The summed E-state index contributed by atoms with van der Waals surface area (Å²) >= 11 is 0. The fraction of sp³-hybridized carbons (Fsp3) is 0.721. The Bertz CT molecular complexity index is 2500. The van der Waals surface area contributed by atoms with E-state index in [-0.39, 0.29) is 57.0 Å². The highest BCUT2D eigenvalue weighted by atomic mass is 16.6. The molecule has 3 aliphatic heterocycles. The van der Waals surface area contributed by atoms with Crippen LogP contribution in [0.1, 0.15) is 147 Å². The van der Waals surface area contributed by atoms with Crippen molar-refractivity contribution in [1.29, 1.82) is 0 Å². The van der Waals surface area contributed by atoms with Crippen LogP contribution in [0.15, 0.2) is 24.3 Å². The zero-order chi connectivity index (χ0) is 63.2. The number of fused-ring (bicyclic) bond motifs is 1. The molecule has 0 spiro atoms. The van der Waals surface area contributed by atoms with Crippen molar-refractivity contribution in [3.05, 3.63) is 29.8 Å². The van der Waals surface area contributed by atoms with Crippen LogP contribution in [-0.4, -0.2) is 191 Å². The summed E-state index contributed by atoms with van der Waals surface area (Å²) < 4.78 is 23.5. The summed E-state index contributed by atoms with van der Waals surface area (Å²) in [5, 5.41) is 18.6. The molecule has 0 aliphatic carbocycles. The van der Waals surface area contributed by atoms with Gasteiger partial charge in [-0.3, -0.25) is 47.9 Å². The third-order valence-corrected chi connectivity index (χ3v) is 16.2. The lowest BCUT2D eigenvalue weighted by molar-refractivity contribution is -0.168. The molecule has 4 rings (SSSR count). The van der Waals surface area contributed by atoms with E-state index in [0.717, 1.165) is 0 Å². The quantitative estimate of drug-likeness (QED) is 0.0986. The van der Waals surface area contributed by atoms with Crippen LogP contribution in [0.25, 0.3) is 0 Å². The van der Waals surface area contributed by atoms with Gasteiger partial charge in [-0.05, 0) is 101 Å². The molecule has 1 aromatic rings. The molecule has 470 valence electrons. The zero-order valence-corrected chi connectivity index (χ0v) is 52.3. The van der Waals surface area contributed by atoms with Gasteiger partial charge in [0.1, 0.15) is 60.3 Å². The number of hydrogen-bond donors (Lipinski definition) is 4. The number of ketones is 1. The number of ether oxygens (including phenoxy) is 4. The Hall–Kier alpha value is -6.65. The first-order valence-electron chi connectivity index (χ1n) is 29.9. The highest BCUT2D eigenvalue weighted by Crippen LogP contribution is 2.28. The maximum atomic E-state index is 15.4. The third kappa shape index (κ3) is 18.2. The largest absolute Gasteiger partial charge is 0.497 e. The lowest BCUT2D eigenvalue weighted by Crippen LogP contribution is -2.62. The number of likely N-dealkylation sites (N-methyl/N-ethyl adjacent to an activating group) is 2. The lowest BCUT2D eigenvalue weighted by Gasteiger charge is -2.37. The number of cyclic esters (lactones) is 2. The molecule has 1 aromatic carbocycles. The van der Waals surface area contributed by atoms with Gasteiger partial charge in [-0.1, -0.05) is 87.8 Å². The van der Waals surface area contributed by atoms with Crippen LogP contribution in [0.3, 0.4) is 0 Å². The first-order valence-corrected chi connectivity index (χ1v) is 29.9. The number of likely N-dealkylation sites (tertiary alicyclic amines) is 1. The maximum Gasteiger partial charge on any atom is 0.329 e. The number of nitrogens with one attached hydrogen (secondary N) is 3. The topological polar surface area (TPSA) is 294 Å². The number of Topliss-reactive ketones (excluding diaryl/α,β-unsaturated/α-hetero) is 1. The Kier molecular flexibility index (Phi) is 26.2. The highest BCUT2D eigenvalue weighted by molar-refractivity contribution is 6.05. The number of amides is 7. The van der Waals surface area contributed by atoms with Crippen LogP contribution in [0.5, 0.6) is 5.75 Å². The number of benzene rings is 1. The molecule has 3 heterocycles. The van der Waals surface area contributed by atoms with Gasteiger partial charge in [0.2, 0.25) is 35.4 Å². The molecule has 23 nitrogen and oxygen atoms in total. The highest BCUT2D eigenvalue weighted by Gasteiger charge is 2.46. The Morgan fingerprint density at radius 1 is 0.833 bits per heavy atom. The smallest absolute Gasteiger partial charge is 0.329 e. The molecule has 0 radical (unpaired) electrons. The molecule has 3 saturated heterocycles. The second-order valence-electron chi connectivity index (χ2n) is 24.5. The Morgan fingerprint density at radius 3 is 2.02 bits per heavy atom. The van der Waals surface area contributed by atoms with Gasteiger partial charge in [-0.25, -0.2) is 4.79 Å². The Labute approximate surface area is 495 Å². The average molecular weight is 1180 g/mol. The minimum atomic E-state index is -1.81. The zero-order valence-electron chi connectivity index (χ0n) is 52.3. The van der Waals surface area contributed by atoms with E-state index in [9.17, 15) is 38.7 Å². The number of carbonyl (C=O) groups is 11. The van der Waals surface area contributed by atoms with Gasteiger partial charge >= 0.3 is 17.9 Å². The van der Waals surface area contributed by atoms with Crippen LogP contribution in [0.4, 0.5) is 0 Å². The van der Waals surface area contributed by atoms with Gasteiger partial charge in [0, 0.05) is 33.6 Å². The van der Waals surface area contributed by atoms with Crippen molar-refractivity contribution in [3.8, 4) is 5.75 Å². The number of aliphatic hydroxyl groups excluding tert-OH is 1. The SMILES string of the molecule is CC[C@H](C)[C@@H]1NC(=O)[C@@H](NC(=O)[C@@H](CC(C)C)N(C)C(=O)[C@@H]2CCCN2C(=O)[C@H](C)O)[C@@H](C)OC(=O)[C@H](Cc2ccc(OC)cc2)N(C)C(=O)[C@@H]2CCCN2C(=O)[C@H](CC(C)C)NC(=O)[C@@H](C)C(=O)[C@H](C(C)C)OC(=O)C[C@H]1OC(=O)C(C)C. The molecule has 3 fully saturated rings. The van der Waals surface area contributed by atoms with Crippen LogP contribution in [0.2, 0.25) is 0 Å². The molecule has 23 heteroatoms. The number of carbonyl (C=O) groups excluding carboxylic acids is 11. The Morgan fingerprint density at radius 2 is 1.46 bits per heavy atom. The predicted molar refractivity (Wildman–Crippen MR) is 309 cm³/mol. The molecule has 0 unspecified atom stereocenters. The number of methoxy groups -OCH3 is 1. The van der Waals surface area contributed by atoms with Gasteiger partial charge in [0.15, 0.2) is 11.9 Å². The van der Waals surface area contributed by atoms with Gasteiger partial charge in [0.25, 0.3) is 5.91 Å². The lowest BCUT2D eigenvalue weighted by atomic mass is 9.91. The fourth-order valence-corrected chi connectivity index (χ4v) is 10.9. The van der Waals surface area contributed by atoms with Crippen molar-refractivity contribution in [2.45, 2.75) is 215 Å². The Balaban J connectivity index is 1.97. The summed E-state index contributed by atoms with van der Waals surface area (Å²) in [6.45, 7) is 21.5. The summed E-state index contributed by atoms with van der Waals surface area (Å²) in [6, 6.07) is -2.36. The average Bonchev–Trinajstić information content (AvgIpc) is 3.81. The van der Waals surface area contributed by atoms with Gasteiger partial charge in [-0.15, -0.1) is 0 Å². The minimum Gasteiger partial charge on any atom is -0.497 e. The fourth-order valence-electron chi connectivity index (χ4n) is 10.9. The molecular weight excluding hydrogens is 1090 g/mol. The summed E-state index contributed by atoms with van der Waals surface area (Å²) in [5.41, 5.74) is 0.560. The third-order valence-electron chi connectivity index (χ3n) is 16.2.